The van der Waals surface area contributed by atoms with E-state index in [1.54, 1.807) is 4.68 Å². The molecule has 0 radical (unpaired) electrons. The highest BCUT2D eigenvalue weighted by atomic mass is 35.5. The Labute approximate surface area is 101 Å². The summed E-state index contributed by atoms with van der Waals surface area (Å²) in [6.45, 7) is 1.85. The predicted molar refractivity (Wildman–Crippen MR) is 64.3 cm³/mol. The van der Waals surface area contributed by atoms with Gasteiger partial charge in [0.05, 0.1) is 5.69 Å². The molecule has 16 heavy (non-hydrogen) atoms. The Balaban J connectivity index is 1.71. The number of aryl methyl sites for hydroxylation is 1. The van der Waals surface area contributed by atoms with Crippen molar-refractivity contribution in [2.45, 2.75) is 25.8 Å². The number of nitrogens with one attached hydrogen (secondary N) is 1. The van der Waals surface area contributed by atoms with E-state index in [9.17, 15) is 0 Å². The Morgan fingerprint density at radius 1 is 1.50 bits per heavy atom. The highest BCUT2D eigenvalue weighted by molar-refractivity contribution is 6.18. The third kappa shape index (κ3) is 2.95. The van der Waals surface area contributed by atoms with Crippen LogP contribution in [0.25, 0.3) is 0 Å². The average Bonchev–Trinajstić information content (AvgIpc) is 2.87. The molecular weight excluding hydrogens is 224 g/mol. The van der Waals surface area contributed by atoms with Crippen molar-refractivity contribution in [1.82, 2.24) is 20.3 Å². The van der Waals surface area contributed by atoms with E-state index in [4.69, 9.17) is 11.6 Å². The second-order valence-electron chi connectivity index (χ2n) is 4.62. The molecule has 1 heterocycles. The van der Waals surface area contributed by atoms with Gasteiger partial charge in [-0.3, -0.25) is 4.68 Å². The fraction of sp³-hybridized carbons (Fsp3) is 0.818. The number of alkyl halides is 1. The molecule has 2 atom stereocenters. The van der Waals surface area contributed by atoms with E-state index in [0.29, 0.717) is 5.92 Å². The summed E-state index contributed by atoms with van der Waals surface area (Å²) in [7, 11) is 1.89. The van der Waals surface area contributed by atoms with Gasteiger partial charge in [-0.25, -0.2) is 0 Å². The van der Waals surface area contributed by atoms with Crippen molar-refractivity contribution in [3.8, 4) is 0 Å². The van der Waals surface area contributed by atoms with Gasteiger partial charge in [0.2, 0.25) is 0 Å². The van der Waals surface area contributed by atoms with E-state index >= 15 is 0 Å². The van der Waals surface area contributed by atoms with Crippen LogP contribution in [0.3, 0.4) is 0 Å². The standard InChI is InChI=1S/C11H19ClN4/c1-16-8-11(14-15-16)7-13-6-10-4-2-3-9(10)5-12/h8-10,13H,2-7H2,1H3. The summed E-state index contributed by atoms with van der Waals surface area (Å²) in [5.74, 6) is 2.25. The fourth-order valence-corrected chi connectivity index (χ4v) is 2.85. The quantitative estimate of drug-likeness (QED) is 0.797. The molecule has 1 aliphatic rings. The highest BCUT2D eigenvalue weighted by Crippen LogP contribution is 2.31. The van der Waals surface area contributed by atoms with Crippen LogP contribution in [0, 0.1) is 11.8 Å². The molecule has 0 bridgehead atoms. The zero-order valence-electron chi connectivity index (χ0n) is 9.69. The summed E-state index contributed by atoms with van der Waals surface area (Å²) in [4.78, 5) is 0. The van der Waals surface area contributed by atoms with E-state index in [1.807, 2.05) is 13.2 Å². The lowest BCUT2D eigenvalue weighted by molar-refractivity contribution is 0.394. The molecule has 0 amide bonds. The maximum atomic E-state index is 5.95. The normalized spacial score (nSPS) is 25.1. The van der Waals surface area contributed by atoms with Crippen molar-refractivity contribution in [2.75, 3.05) is 12.4 Å². The predicted octanol–water partition coefficient (Wildman–Crippen LogP) is 1.56. The monoisotopic (exact) mass is 242 g/mol. The first-order valence-corrected chi connectivity index (χ1v) is 6.45. The van der Waals surface area contributed by atoms with Crippen molar-refractivity contribution >= 4 is 11.6 Å². The van der Waals surface area contributed by atoms with Crippen LogP contribution in [0.4, 0.5) is 0 Å². The second-order valence-corrected chi connectivity index (χ2v) is 4.93. The van der Waals surface area contributed by atoms with Gasteiger partial charge in [0.1, 0.15) is 0 Å². The molecule has 0 aromatic carbocycles. The lowest BCUT2D eigenvalue weighted by atomic mass is 9.98. The molecule has 1 aliphatic carbocycles. The highest BCUT2D eigenvalue weighted by Gasteiger charge is 2.25. The average molecular weight is 243 g/mol. The summed E-state index contributed by atoms with van der Waals surface area (Å²) in [6.07, 6.45) is 5.88. The molecule has 0 spiro atoms. The Bertz CT molecular complexity index is 326. The van der Waals surface area contributed by atoms with Crippen molar-refractivity contribution in [3.63, 3.8) is 0 Å². The number of aromatic nitrogens is 3. The van der Waals surface area contributed by atoms with Gasteiger partial charge in [-0.05, 0) is 31.2 Å². The number of nitrogens with zero attached hydrogens (tertiary/aromatic N) is 3. The first-order chi connectivity index (χ1) is 7.79. The SMILES string of the molecule is Cn1cc(CNCC2CCCC2CCl)nn1. The van der Waals surface area contributed by atoms with Crippen LogP contribution < -0.4 is 5.32 Å². The van der Waals surface area contributed by atoms with Gasteiger partial charge in [0.15, 0.2) is 0 Å². The topological polar surface area (TPSA) is 42.7 Å². The van der Waals surface area contributed by atoms with Crippen molar-refractivity contribution in [3.05, 3.63) is 11.9 Å². The summed E-state index contributed by atoms with van der Waals surface area (Å²) in [6, 6.07) is 0. The molecule has 1 saturated carbocycles. The molecule has 0 aliphatic heterocycles. The summed E-state index contributed by atoms with van der Waals surface area (Å²) >= 11 is 5.95. The van der Waals surface area contributed by atoms with Crippen LogP contribution in [-0.4, -0.2) is 27.4 Å². The van der Waals surface area contributed by atoms with Crippen LogP contribution in [0.15, 0.2) is 6.20 Å². The molecule has 1 aromatic rings. The molecule has 1 aromatic heterocycles. The lowest BCUT2D eigenvalue weighted by Gasteiger charge is -2.17. The first-order valence-electron chi connectivity index (χ1n) is 5.91. The Hall–Kier alpha value is -0.610. The van der Waals surface area contributed by atoms with Gasteiger partial charge in [-0.2, -0.15) is 0 Å². The van der Waals surface area contributed by atoms with E-state index < -0.39 is 0 Å². The maximum Gasteiger partial charge on any atom is 0.0964 e. The van der Waals surface area contributed by atoms with E-state index in [-0.39, 0.29) is 0 Å². The molecule has 5 heteroatoms. The molecular formula is C11H19ClN4. The molecule has 1 N–H and O–H groups in total. The lowest BCUT2D eigenvalue weighted by Crippen LogP contribution is -2.25. The van der Waals surface area contributed by atoms with Crippen molar-refractivity contribution in [2.24, 2.45) is 18.9 Å². The minimum Gasteiger partial charge on any atom is -0.311 e. The maximum absolute atomic E-state index is 5.95. The fourth-order valence-electron chi connectivity index (χ4n) is 2.45. The molecule has 2 unspecified atom stereocenters. The van der Waals surface area contributed by atoms with E-state index in [1.165, 1.54) is 19.3 Å². The van der Waals surface area contributed by atoms with Crippen LogP contribution in [0.5, 0.6) is 0 Å². The van der Waals surface area contributed by atoms with E-state index in [0.717, 1.165) is 30.6 Å². The molecule has 0 saturated heterocycles. The zero-order chi connectivity index (χ0) is 11.4. The summed E-state index contributed by atoms with van der Waals surface area (Å²) in [5, 5.41) is 11.4. The van der Waals surface area contributed by atoms with Crippen LogP contribution in [0.2, 0.25) is 0 Å². The van der Waals surface area contributed by atoms with Gasteiger partial charge in [0, 0.05) is 25.7 Å². The first kappa shape index (κ1) is 11.9. The third-order valence-electron chi connectivity index (χ3n) is 3.38. The number of hydrogen-bond acceptors (Lipinski definition) is 3. The Morgan fingerprint density at radius 3 is 3.00 bits per heavy atom. The largest absolute Gasteiger partial charge is 0.311 e. The number of halogens is 1. The van der Waals surface area contributed by atoms with Crippen molar-refractivity contribution < 1.29 is 0 Å². The van der Waals surface area contributed by atoms with Gasteiger partial charge in [-0.15, -0.1) is 16.7 Å². The minimum atomic E-state index is 0.705. The van der Waals surface area contributed by atoms with E-state index in [2.05, 4.69) is 15.6 Å². The Morgan fingerprint density at radius 2 is 2.31 bits per heavy atom. The molecule has 90 valence electrons. The van der Waals surface area contributed by atoms with Crippen LogP contribution >= 0.6 is 11.6 Å². The van der Waals surface area contributed by atoms with Crippen molar-refractivity contribution in [1.29, 1.82) is 0 Å². The van der Waals surface area contributed by atoms with Gasteiger partial charge in [0.25, 0.3) is 0 Å². The smallest absolute Gasteiger partial charge is 0.0964 e. The summed E-state index contributed by atoms with van der Waals surface area (Å²) in [5.41, 5.74) is 1.00. The molecule has 2 rings (SSSR count). The minimum absolute atomic E-state index is 0.705. The van der Waals surface area contributed by atoms with Gasteiger partial charge >= 0.3 is 0 Å². The van der Waals surface area contributed by atoms with Crippen LogP contribution in [0.1, 0.15) is 25.0 Å². The van der Waals surface area contributed by atoms with Gasteiger partial charge in [-0.1, -0.05) is 11.6 Å². The third-order valence-corrected chi connectivity index (χ3v) is 3.77. The van der Waals surface area contributed by atoms with Crippen LogP contribution in [-0.2, 0) is 13.6 Å². The van der Waals surface area contributed by atoms with Gasteiger partial charge < -0.3 is 5.32 Å². The second kappa shape index (κ2) is 5.64. The summed E-state index contributed by atoms with van der Waals surface area (Å²) < 4.78 is 1.73. The molecule has 4 nitrogen and oxygen atoms in total. The zero-order valence-corrected chi connectivity index (χ0v) is 10.5. The number of hydrogen-bond donors (Lipinski definition) is 1. The Kier molecular flexibility index (Phi) is 4.18. The molecule has 1 fully saturated rings. The number of rotatable bonds is 5.